The first-order chi connectivity index (χ1) is 8.22. The number of likely N-dealkylation sites (tertiary alicyclic amines) is 1. The van der Waals surface area contributed by atoms with Gasteiger partial charge in [0.1, 0.15) is 0 Å². The van der Waals surface area contributed by atoms with Crippen LogP contribution in [0.25, 0.3) is 0 Å². The summed E-state index contributed by atoms with van der Waals surface area (Å²) in [6, 6.07) is 1.43. The predicted octanol–water partition coefficient (Wildman–Crippen LogP) is 1.75. The molecule has 1 fully saturated rings. The minimum absolute atomic E-state index is 0. The van der Waals surface area contributed by atoms with Crippen LogP contribution in [0.4, 0.5) is 4.39 Å². The van der Waals surface area contributed by atoms with E-state index < -0.39 is 5.82 Å². The molecule has 19 heavy (non-hydrogen) atoms. The smallest absolute Gasteiger partial charge is 0.256 e. The van der Waals surface area contributed by atoms with Crippen molar-refractivity contribution in [3.8, 4) is 0 Å². The number of rotatable bonds is 3. The largest absolute Gasteiger partial charge is 0.338 e. The monoisotopic (exact) mass is 309 g/mol. The molecule has 1 aromatic rings. The molecule has 1 aromatic heterocycles. The van der Waals surface area contributed by atoms with Gasteiger partial charge in [-0.05, 0) is 32.0 Å². The Morgan fingerprint density at radius 1 is 1.58 bits per heavy atom. The van der Waals surface area contributed by atoms with Crippen molar-refractivity contribution in [2.24, 2.45) is 5.92 Å². The number of aromatic nitrogens is 1. The van der Waals surface area contributed by atoms with Crippen molar-refractivity contribution in [2.75, 3.05) is 26.7 Å². The van der Waals surface area contributed by atoms with Crippen LogP contribution in [0.3, 0.4) is 0 Å². The van der Waals surface area contributed by atoms with Crippen LogP contribution >= 0.6 is 24.8 Å². The number of hydrogen-bond donors (Lipinski definition) is 1. The zero-order valence-electron chi connectivity index (χ0n) is 10.6. The molecule has 2 heterocycles. The summed E-state index contributed by atoms with van der Waals surface area (Å²) in [6.45, 7) is 2.29. The van der Waals surface area contributed by atoms with Crippen molar-refractivity contribution < 1.29 is 9.18 Å². The summed E-state index contributed by atoms with van der Waals surface area (Å²) >= 11 is 0. The second kappa shape index (κ2) is 8.30. The van der Waals surface area contributed by atoms with E-state index >= 15 is 0 Å². The number of carbonyl (C=O) groups is 1. The standard InChI is InChI=1S/C12H16FN3O.2ClH/c1-14-6-9-3-5-16(8-9)12(17)10-2-4-15-7-11(10)13;;/h2,4,7,9,14H,3,5-6,8H2,1H3;2*1H. The van der Waals surface area contributed by atoms with E-state index in [1.165, 1.54) is 12.3 Å². The fraction of sp³-hybridized carbons (Fsp3) is 0.500. The van der Waals surface area contributed by atoms with E-state index in [1.807, 2.05) is 7.05 Å². The van der Waals surface area contributed by atoms with Gasteiger partial charge in [0.25, 0.3) is 5.91 Å². The molecule has 4 nitrogen and oxygen atoms in total. The Hall–Kier alpha value is -0.910. The van der Waals surface area contributed by atoms with E-state index in [0.717, 1.165) is 19.2 Å². The van der Waals surface area contributed by atoms with Crippen molar-refractivity contribution in [1.82, 2.24) is 15.2 Å². The lowest BCUT2D eigenvalue weighted by Crippen LogP contribution is -2.31. The third-order valence-electron chi connectivity index (χ3n) is 3.07. The lowest BCUT2D eigenvalue weighted by molar-refractivity contribution is 0.0782. The molecule has 1 saturated heterocycles. The fourth-order valence-electron chi connectivity index (χ4n) is 2.19. The van der Waals surface area contributed by atoms with E-state index in [2.05, 4.69) is 10.3 Å². The minimum atomic E-state index is -0.547. The van der Waals surface area contributed by atoms with Crippen molar-refractivity contribution >= 4 is 30.7 Å². The van der Waals surface area contributed by atoms with Gasteiger partial charge in [0.05, 0.1) is 11.8 Å². The SMILES string of the molecule is CNCC1CCN(C(=O)c2ccncc2F)C1.Cl.Cl. The van der Waals surface area contributed by atoms with Crippen molar-refractivity contribution in [1.29, 1.82) is 0 Å². The Morgan fingerprint density at radius 3 is 2.95 bits per heavy atom. The van der Waals surface area contributed by atoms with Crippen LogP contribution in [-0.2, 0) is 0 Å². The molecule has 1 unspecified atom stereocenters. The molecule has 1 amide bonds. The molecule has 1 atom stereocenters. The molecule has 0 saturated carbocycles. The van der Waals surface area contributed by atoms with Crippen molar-refractivity contribution in [2.45, 2.75) is 6.42 Å². The molecule has 1 aliphatic rings. The summed E-state index contributed by atoms with van der Waals surface area (Å²) in [5.74, 6) is -0.313. The van der Waals surface area contributed by atoms with Gasteiger partial charge in [-0.1, -0.05) is 0 Å². The first-order valence-corrected chi connectivity index (χ1v) is 5.75. The normalized spacial score (nSPS) is 17.6. The Balaban J connectivity index is 0.00000162. The summed E-state index contributed by atoms with van der Waals surface area (Å²) < 4.78 is 13.4. The molecule has 108 valence electrons. The minimum Gasteiger partial charge on any atom is -0.338 e. The van der Waals surface area contributed by atoms with Crippen molar-refractivity contribution in [3.63, 3.8) is 0 Å². The van der Waals surface area contributed by atoms with E-state index in [9.17, 15) is 9.18 Å². The number of amides is 1. The summed E-state index contributed by atoms with van der Waals surface area (Å²) in [4.78, 5) is 17.4. The van der Waals surface area contributed by atoms with Gasteiger partial charge in [0, 0.05) is 19.3 Å². The molecule has 0 bridgehead atoms. The van der Waals surface area contributed by atoms with E-state index in [4.69, 9.17) is 0 Å². The number of nitrogens with zero attached hydrogens (tertiary/aromatic N) is 2. The molecule has 1 aliphatic heterocycles. The highest BCUT2D eigenvalue weighted by molar-refractivity contribution is 5.94. The highest BCUT2D eigenvalue weighted by Crippen LogP contribution is 2.18. The summed E-state index contributed by atoms with van der Waals surface area (Å²) in [6.07, 6.45) is 3.49. The maximum atomic E-state index is 13.4. The number of nitrogens with one attached hydrogen (secondary N) is 1. The Labute approximate surface area is 124 Å². The second-order valence-electron chi connectivity index (χ2n) is 4.32. The van der Waals surface area contributed by atoms with Gasteiger partial charge >= 0.3 is 0 Å². The average molecular weight is 310 g/mol. The molecule has 2 rings (SSSR count). The first-order valence-electron chi connectivity index (χ1n) is 5.75. The maximum Gasteiger partial charge on any atom is 0.256 e. The molecular weight excluding hydrogens is 292 g/mol. The summed E-state index contributed by atoms with van der Waals surface area (Å²) in [5, 5.41) is 3.10. The quantitative estimate of drug-likeness (QED) is 0.925. The molecule has 7 heteroatoms. The van der Waals surface area contributed by atoms with Gasteiger partial charge in [-0.25, -0.2) is 4.39 Å². The number of hydrogen-bond acceptors (Lipinski definition) is 3. The average Bonchev–Trinajstić information content (AvgIpc) is 2.78. The van der Waals surface area contributed by atoms with Crippen LogP contribution in [0, 0.1) is 11.7 Å². The van der Waals surface area contributed by atoms with Crippen molar-refractivity contribution in [3.05, 3.63) is 29.8 Å². The zero-order chi connectivity index (χ0) is 12.3. The van der Waals surface area contributed by atoms with E-state index in [-0.39, 0.29) is 36.3 Å². The molecule has 0 spiro atoms. The Bertz CT molecular complexity index is 420. The van der Waals surface area contributed by atoms with Crippen LogP contribution in [-0.4, -0.2) is 42.5 Å². The zero-order valence-corrected chi connectivity index (χ0v) is 12.3. The highest BCUT2D eigenvalue weighted by Gasteiger charge is 2.27. The maximum absolute atomic E-state index is 13.4. The van der Waals surface area contributed by atoms with Gasteiger partial charge < -0.3 is 10.2 Å². The van der Waals surface area contributed by atoms with E-state index in [1.54, 1.807) is 4.90 Å². The fourth-order valence-corrected chi connectivity index (χ4v) is 2.19. The van der Waals surface area contributed by atoms with Crippen LogP contribution in [0.2, 0.25) is 0 Å². The molecular formula is C12H18Cl2FN3O. The van der Waals surface area contributed by atoms with Gasteiger partial charge in [0.2, 0.25) is 0 Å². The number of halogens is 3. The number of carbonyl (C=O) groups excluding carboxylic acids is 1. The lowest BCUT2D eigenvalue weighted by Gasteiger charge is -2.16. The molecule has 0 aliphatic carbocycles. The van der Waals surface area contributed by atoms with Crippen LogP contribution in [0.1, 0.15) is 16.8 Å². The topological polar surface area (TPSA) is 45.2 Å². The lowest BCUT2D eigenvalue weighted by atomic mass is 10.1. The van der Waals surface area contributed by atoms with Crippen LogP contribution in [0.15, 0.2) is 18.5 Å². The predicted molar refractivity (Wildman–Crippen MR) is 76.6 cm³/mol. The van der Waals surface area contributed by atoms with E-state index in [0.29, 0.717) is 19.0 Å². The molecule has 0 radical (unpaired) electrons. The van der Waals surface area contributed by atoms with Gasteiger partial charge in [-0.15, -0.1) is 24.8 Å². The second-order valence-corrected chi connectivity index (χ2v) is 4.32. The first kappa shape index (κ1) is 18.1. The highest BCUT2D eigenvalue weighted by atomic mass is 35.5. The van der Waals surface area contributed by atoms with Crippen LogP contribution in [0.5, 0.6) is 0 Å². The van der Waals surface area contributed by atoms with Gasteiger partial charge in [-0.3, -0.25) is 9.78 Å². The van der Waals surface area contributed by atoms with Gasteiger partial charge in [0.15, 0.2) is 5.82 Å². The third-order valence-corrected chi connectivity index (χ3v) is 3.07. The summed E-state index contributed by atoms with van der Waals surface area (Å²) in [7, 11) is 1.90. The Kier molecular flexibility index (Phi) is 7.90. The summed E-state index contributed by atoms with van der Waals surface area (Å²) in [5.41, 5.74) is 0.116. The van der Waals surface area contributed by atoms with Crippen LogP contribution < -0.4 is 5.32 Å². The van der Waals surface area contributed by atoms with Gasteiger partial charge in [-0.2, -0.15) is 0 Å². The molecule has 1 N–H and O–H groups in total. The Morgan fingerprint density at radius 2 is 2.32 bits per heavy atom. The number of pyridine rings is 1. The molecule has 0 aromatic carbocycles. The third kappa shape index (κ3) is 4.30.